The van der Waals surface area contributed by atoms with Crippen LogP contribution in [0.3, 0.4) is 0 Å². The first-order chi connectivity index (χ1) is 13.6. The molecule has 0 aliphatic carbocycles. The number of pyridine rings is 2. The Hall–Kier alpha value is -2.99. The molecule has 3 saturated heterocycles. The van der Waals surface area contributed by atoms with Crippen molar-refractivity contribution in [2.45, 2.75) is 18.8 Å². The summed E-state index contributed by atoms with van der Waals surface area (Å²) < 4.78 is 1.63. The zero-order chi connectivity index (χ0) is 19.3. The molecule has 3 aromatic rings. The van der Waals surface area contributed by atoms with E-state index in [1.807, 2.05) is 30.3 Å². The van der Waals surface area contributed by atoms with Crippen LogP contribution < -0.4 is 11.3 Å². The minimum Gasteiger partial charge on any atom is -0.366 e. The fraction of sp³-hybridized carbons (Fsp3) is 0.318. The summed E-state index contributed by atoms with van der Waals surface area (Å²) in [6.45, 7) is 3.01. The lowest BCUT2D eigenvalue weighted by Gasteiger charge is -2.45. The molecule has 1 amide bonds. The molecular weight excluding hydrogens is 352 g/mol. The predicted octanol–water partition coefficient (Wildman–Crippen LogP) is 2.29. The van der Waals surface area contributed by atoms with E-state index in [1.165, 1.54) is 6.07 Å². The molecule has 5 heterocycles. The van der Waals surface area contributed by atoms with Gasteiger partial charge in [0.1, 0.15) is 5.82 Å². The number of piperidine rings is 3. The largest absolute Gasteiger partial charge is 0.366 e. The Balaban J connectivity index is 1.81. The first-order valence-corrected chi connectivity index (χ1v) is 9.76. The Labute approximate surface area is 162 Å². The number of amides is 1. The normalized spacial score (nSPS) is 23.8. The summed E-state index contributed by atoms with van der Waals surface area (Å²) in [5.41, 5.74) is 6.71. The molecule has 0 radical (unpaired) electrons. The van der Waals surface area contributed by atoms with Crippen LogP contribution in [-0.4, -0.2) is 40.0 Å². The topological polar surface area (TPSA) is 81.2 Å². The number of rotatable bonds is 3. The van der Waals surface area contributed by atoms with Gasteiger partial charge in [0.15, 0.2) is 0 Å². The first kappa shape index (κ1) is 17.1. The van der Waals surface area contributed by atoms with Crippen molar-refractivity contribution in [1.29, 1.82) is 0 Å². The summed E-state index contributed by atoms with van der Waals surface area (Å²) in [7, 11) is 0. The third-order valence-corrected chi connectivity index (χ3v) is 6.27. The smallest absolute Gasteiger partial charge is 0.256 e. The van der Waals surface area contributed by atoms with Crippen LogP contribution in [0.2, 0.25) is 0 Å². The molecule has 1 aromatic carbocycles. The fourth-order valence-corrected chi connectivity index (χ4v) is 4.90. The van der Waals surface area contributed by atoms with E-state index in [4.69, 9.17) is 5.73 Å². The Morgan fingerprint density at radius 1 is 1.07 bits per heavy atom. The molecule has 0 saturated carbocycles. The number of benzene rings is 1. The second-order valence-corrected chi connectivity index (χ2v) is 7.77. The predicted molar refractivity (Wildman–Crippen MR) is 108 cm³/mol. The van der Waals surface area contributed by atoms with Crippen LogP contribution >= 0.6 is 0 Å². The molecule has 3 aliphatic heterocycles. The van der Waals surface area contributed by atoms with Gasteiger partial charge in [-0.1, -0.05) is 24.3 Å². The fourth-order valence-electron chi connectivity index (χ4n) is 4.90. The van der Waals surface area contributed by atoms with Gasteiger partial charge in [0.25, 0.3) is 11.5 Å². The van der Waals surface area contributed by atoms with Gasteiger partial charge < -0.3 is 10.6 Å². The van der Waals surface area contributed by atoms with E-state index in [9.17, 15) is 9.59 Å². The summed E-state index contributed by atoms with van der Waals surface area (Å²) in [4.78, 5) is 32.3. The molecule has 142 valence electrons. The molecule has 6 nitrogen and oxygen atoms in total. The molecule has 1 atom stereocenters. The number of hydrogen-bond acceptors (Lipinski definition) is 4. The van der Waals surface area contributed by atoms with E-state index >= 15 is 0 Å². The van der Waals surface area contributed by atoms with Crippen molar-refractivity contribution in [3.8, 4) is 5.82 Å². The van der Waals surface area contributed by atoms with Gasteiger partial charge in [-0.15, -0.1) is 0 Å². The van der Waals surface area contributed by atoms with Crippen LogP contribution in [0.4, 0.5) is 0 Å². The van der Waals surface area contributed by atoms with Gasteiger partial charge >= 0.3 is 0 Å². The highest BCUT2D eigenvalue weighted by atomic mass is 16.1. The quantitative estimate of drug-likeness (QED) is 0.763. The minimum absolute atomic E-state index is 0.0969. The Kier molecular flexibility index (Phi) is 4.02. The summed E-state index contributed by atoms with van der Waals surface area (Å²) in [6.07, 6.45) is 3.87. The second-order valence-electron chi connectivity index (χ2n) is 7.77. The summed E-state index contributed by atoms with van der Waals surface area (Å²) in [5.74, 6) is 0.615. The van der Waals surface area contributed by atoms with E-state index in [0.717, 1.165) is 48.9 Å². The highest BCUT2D eigenvalue weighted by Crippen LogP contribution is 2.40. The van der Waals surface area contributed by atoms with Crippen molar-refractivity contribution in [2.75, 3.05) is 19.6 Å². The third-order valence-electron chi connectivity index (χ3n) is 6.27. The molecule has 1 unspecified atom stereocenters. The summed E-state index contributed by atoms with van der Waals surface area (Å²) in [6, 6.07) is 12.8. The number of nitrogens with zero attached hydrogens (tertiary/aromatic N) is 3. The molecule has 3 fully saturated rings. The van der Waals surface area contributed by atoms with Gasteiger partial charge in [0.2, 0.25) is 0 Å². The van der Waals surface area contributed by atoms with Crippen molar-refractivity contribution in [1.82, 2.24) is 14.5 Å². The van der Waals surface area contributed by atoms with E-state index in [1.54, 1.807) is 16.8 Å². The zero-order valence-electron chi connectivity index (χ0n) is 15.5. The van der Waals surface area contributed by atoms with Crippen molar-refractivity contribution < 1.29 is 4.79 Å². The Bertz CT molecular complexity index is 1120. The van der Waals surface area contributed by atoms with E-state index in [0.29, 0.717) is 17.3 Å². The van der Waals surface area contributed by atoms with Crippen molar-refractivity contribution in [2.24, 2.45) is 11.7 Å². The number of hydrogen-bond donors (Lipinski definition) is 1. The number of primary amides is 1. The molecule has 3 aliphatic rings. The lowest BCUT2D eigenvalue weighted by Crippen LogP contribution is -2.48. The van der Waals surface area contributed by atoms with Crippen LogP contribution in [0.1, 0.15) is 34.8 Å². The van der Waals surface area contributed by atoms with Gasteiger partial charge in [-0.3, -0.25) is 14.2 Å². The monoisotopic (exact) mass is 374 g/mol. The number of carbonyl (C=O) groups excluding carboxylic acids is 1. The van der Waals surface area contributed by atoms with Gasteiger partial charge in [-0.2, -0.15) is 0 Å². The van der Waals surface area contributed by atoms with Gasteiger partial charge in [0, 0.05) is 35.8 Å². The van der Waals surface area contributed by atoms with E-state index in [2.05, 4.69) is 9.88 Å². The van der Waals surface area contributed by atoms with Gasteiger partial charge in [-0.05, 0) is 49.4 Å². The average Bonchev–Trinajstić information content (AvgIpc) is 2.74. The first-order valence-electron chi connectivity index (χ1n) is 9.76. The average molecular weight is 374 g/mol. The summed E-state index contributed by atoms with van der Waals surface area (Å²) in [5, 5.41) is 1.89. The maximum Gasteiger partial charge on any atom is 0.256 e. The number of fused-ring (bicyclic) bond motifs is 4. The highest BCUT2D eigenvalue weighted by Gasteiger charge is 2.38. The molecule has 28 heavy (non-hydrogen) atoms. The molecule has 2 N–H and O–H groups in total. The Morgan fingerprint density at radius 2 is 1.86 bits per heavy atom. The minimum atomic E-state index is -0.500. The number of aromatic nitrogens is 2. The standard InChI is InChI=1S/C22H22N4O2/c23-21(28)17-5-6-19(27)26(20(17)18-13-25-11-8-15(18)9-12-25)22-16-4-2-1-3-14(16)7-10-24-22/h1-7,10,15,18H,8-9,11-13H2,(H2,23,28). The van der Waals surface area contributed by atoms with Crippen molar-refractivity contribution >= 4 is 16.7 Å². The van der Waals surface area contributed by atoms with E-state index < -0.39 is 5.91 Å². The maximum atomic E-state index is 13.1. The molecule has 0 spiro atoms. The van der Waals surface area contributed by atoms with Crippen LogP contribution in [0.15, 0.2) is 53.5 Å². The SMILES string of the molecule is NC(=O)c1ccc(=O)n(-c2nccc3ccccc23)c1C1CN2CCC1CC2. The lowest BCUT2D eigenvalue weighted by molar-refractivity contribution is 0.0829. The molecule has 2 bridgehead atoms. The summed E-state index contributed by atoms with van der Waals surface area (Å²) >= 11 is 0. The number of carbonyl (C=O) groups is 1. The van der Waals surface area contributed by atoms with Crippen LogP contribution in [0.5, 0.6) is 0 Å². The highest BCUT2D eigenvalue weighted by molar-refractivity contribution is 5.95. The van der Waals surface area contributed by atoms with Crippen LogP contribution in [0, 0.1) is 5.92 Å². The van der Waals surface area contributed by atoms with Crippen LogP contribution in [-0.2, 0) is 0 Å². The van der Waals surface area contributed by atoms with Crippen molar-refractivity contribution in [3.63, 3.8) is 0 Å². The molecular formula is C22H22N4O2. The zero-order valence-corrected chi connectivity index (χ0v) is 15.5. The van der Waals surface area contributed by atoms with Gasteiger partial charge in [0.05, 0.1) is 5.56 Å². The Morgan fingerprint density at radius 3 is 2.57 bits per heavy atom. The molecule has 6 heteroatoms. The lowest BCUT2D eigenvalue weighted by atomic mass is 9.76. The molecule has 2 aromatic heterocycles. The third kappa shape index (κ3) is 2.64. The molecule has 6 rings (SSSR count). The van der Waals surface area contributed by atoms with Gasteiger partial charge in [-0.25, -0.2) is 4.98 Å². The number of nitrogens with two attached hydrogens (primary N) is 1. The maximum absolute atomic E-state index is 13.1. The van der Waals surface area contributed by atoms with Crippen molar-refractivity contribution in [3.05, 3.63) is 70.3 Å². The van der Waals surface area contributed by atoms with E-state index in [-0.39, 0.29) is 11.5 Å². The second kappa shape index (κ2) is 6.56. The van der Waals surface area contributed by atoms with Crippen LogP contribution in [0.25, 0.3) is 16.6 Å².